The number of hydrogen-bond donors (Lipinski definition) is 0. The van der Waals surface area contributed by atoms with Crippen LogP contribution in [-0.4, -0.2) is 28.5 Å². The standard InChI is InChI=1S/C11H17NO3/c1-11(2,3)15-10(14)12-8-4-7(5-8)6-9(12)13/h7-8H,4-6H2,1-3H3. The summed E-state index contributed by atoms with van der Waals surface area (Å²) in [6.07, 6.45) is 1.96. The highest BCUT2D eigenvalue weighted by Gasteiger charge is 2.47. The minimum absolute atomic E-state index is 0.0725. The molecular formula is C11H17NO3. The third kappa shape index (κ3) is 1.98. The molecule has 2 saturated heterocycles. The molecule has 3 fully saturated rings. The lowest BCUT2D eigenvalue weighted by molar-refractivity contribution is -0.144. The number of carbonyl (C=O) groups excluding carboxylic acids is 2. The maximum atomic E-state index is 11.7. The van der Waals surface area contributed by atoms with Crippen molar-refractivity contribution in [1.82, 2.24) is 4.90 Å². The van der Waals surface area contributed by atoms with Crippen LogP contribution < -0.4 is 0 Å². The van der Waals surface area contributed by atoms with Gasteiger partial charge < -0.3 is 4.74 Å². The second-order valence-electron chi connectivity index (χ2n) is 5.44. The van der Waals surface area contributed by atoms with E-state index in [4.69, 9.17) is 4.74 Å². The van der Waals surface area contributed by atoms with Gasteiger partial charge in [0, 0.05) is 12.5 Å². The van der Waals surface area contributed by atoms with Crippen molar-refractivity contribution in [3.05, 3.63) is 0 Å². The summed E-state index contributed by atoms with van der Waals surface area (Å²) in [6.45, 7) is 5.43. The van der Waals surface area contributed by atoms with Crippen LogP contribution in [-0.2, 0) is 9.53 Å². The van der Waals surface area contributed by atoms with Gasteiger partial charge in [0.2, 0.25) is 5.91 Å². The van der Waals surface area contributed by atoms with Crippen molar-refractivity contribution in [2.75, 3.05) is 0 Å². The van der Waals surface area contributed by atoms with Crippen LogP contribution in [0.15, 0.2) is 0 Å². The van der Waals surface area contributed by atoms with Gasteiger partial charge >= 0.3 is 6.09 Å². The van der Waals surface area contributed by atoms with Crippen molar-refractivity contribution in [3.8, 4) is 0 Å². The van der Waals surface area contributed by atoms with Gasteiger partial charge in [0.05, 0.1) is 0 Å². The topological polar surface area (TPSA) is 46.6 Å². The highest BCUT2D eigenvalue weighted by molar-refractivity contribution is 5.94. The fourth-order valence-electron chi connectivity index (χ4n) is 2.19. The number of nitrogens with zero attached hydrogens (tertiary/aromatic N) is 1. The molecule has 1 aliphatic carbocycles. The van der Waals surface area contributed by atoms with Crippen LogP contribution in [0.3, 0.4) is 0 Å². The monoisotopic (exact) mass is 211 g/mol. The van der Waals surface area contributed by atoms with E-state index in [9.17, 15) is 9.59 Å². The average molecular weight is 211 g/mol. The van der Waals surface area contributed by atoms with Crippen molar-refractivity contribution in [2.24, 2.45) is 5.92 Å². The van der Waals surface area contributed by atoms with Gasteiger partial charge in [-0.2, -0.15) is 0 Å². The van der Waals surface area contributed by atoms with Crippen LogP contribution in [0.25, 0.3) is 0 Å². The molecule has 2 aliphatic heterocycles. The molecule has 0 unspecified atom stereocenters. The summed E-state index contributed by atoms with van der Waals surface area (Å²) < 4.78 is 5.21. The van der Waals surface area contributed by atoms with E-state index >= 15 is 0 Å². The number of fused-ring (bicyclic) bond motifs is 2. The Morgan fingerprint density at radius 2 is 2.00 bits per heavy atom. The van der Waals surface area contributed by atoms with Gasteiger partial charge in [-0.1, -0.05) is 0 Å². The van der Waals surface area contributed by atoms with Crippen molar-refractivity contribution in [3.63, 3.8) is 0 Å². The summed E-state index contributed by atoms with van der Waals surface area (Å²) in [5.41, 5.74) is -0.530. The molecule has 2 heterocycles. The molecule has 4 heteroatoms. The van der Waals surface area contributed by atoms with E-state index in [0.717, 1.165) is 12.8 Å². The maximum Gasteiger partial charge on any atom is 0.417 e. The van der Waals surface area contributed by atoms with Gasteiger partial charge in [-0.15, -0.1) is 0 Å². The van der Waals surface area contributed by atoms with E-state index in [1.807, 2.05) is 20.8 Å². The Morgan fingerprint density at radius 1 is 1.40 bits per heavy atom. The number of hydrogen-bond acceptors (Lipinski definition) is 3. The Bertz CT molecular complexity index is 299. The minimum Gasteiger partial charge on any atom is -0.443 e. The first kappa shape index (κ1) is 10.5. The number of piperidine rings is 2. The van der Waals surface area contributed by atoms with E-state index in [0.29, 0.717) is 12.3 Å². The molecule has 0 aromatic heterocycles. The molecule has 2 bridgehead atoms. The van der Waals surface area contributed by atoms with Crippen LogP contribution in [0.5, 0.6) is 0 Å². The summed E-state index contributed by atoms with van der Waals surface area (Å²) >= 11 is 0. The molecule has 0 atom stereocenters. The van der Waals surface area contributed by atoms with Gasteiger partial charge in [-0.05, 0) is 39.5 Å². The van der Waals surface area contributed by atoms with E-state index in [-0.39, 0.29) is 11.9 Å². The van der Waals surface area contributed by atoms with Crippen LogP contribution >= 0.6 is 0 Å². The first-order valence-corrected chi connectivity index (χ1v) is 5.42. The van der Waals surface area contributed by atoms with Crippen LogP contribution in [0.4, 0.5) is 4.79 Å². The molecule has 84 valence electrons. The summed E-state index contributed by atoms with van der Waals surface area (Å²) in [7, 11) is 0. The first-order valence-electron chi connectivity index (χ1n) is 5.42. The highest BCUT2D eigenvalue weighted by atomic mass is 16.6. The van der Waals surface area contributed by atoms with E-state index < -0.39 is 11.7 Å². The molecule has 1 saturated carbocycles. The van der Waals surface area contributed by atoms with Crippen molar-refractivity contribution in [1.29, 1.82) is 0 Å². The lowest BCUT2D eigenvalue weighted by Gasteiger charge is -2.47. The predicted molar refractivity (Wildman–Crippen MR) is 54.2 cm³/mol. The maximum absolute atomic E-state index is 11.7. The van der Waals surface area contributed by atoms with Crippen LogP contribution in [0, 0.1) is 5.92 Å². The Balaban J connectivity index is 2.03. The number of rotatable bonds is 0. The number of amides is 2. The summed E-state index contributed by atoms with van der Waals surface area (Å²) in [5.74, 6) is 0.443. The fraction of sp³-hybridized carbons (Fsp3) is 0.818. The molecule has 0 radical (unpaired) electrons. The predicted octanol–water partition coefficient (Wildman–Crippen LogP) is 1.93. The zero-order chi connectivity index (χ0) is 11.2. The van der Waals surface area contributed by atoms with Crippen molar-refractivity contribution < 1.29 is 14.3 Å². The highest BCUT2D eigenvalue weighted by Crippen LogP contribution is 2.40. The van der Waals surface area contributed by atoms with Gasteiger partial charge in [0.15, 0.2) is 0 Å². The average Bonchev–Trinajstić information content (AvgIpc) is 1.97. The lowest BCUT2D eigenvalue weighted by atomic mass is 9.73. The van der Waals surface area contributed by atoms with E-state index in [1.54, 1.807) is 0 Å². The second kappa shape index (κ2) is 3.22. The Morgan fingerprint density at radius 3 is 2.47 bits per heavy atom. The largest absolute Gasteiger partial charge is 0.443 e. The number of ether oxygens (including phenoxy) is 1. The van der Waals surface area contributed by atoms with Gasteiger partial charge in [-0.3, -0.25) is 4.79 Å². The van der Waals surface area contributed by atoms with Crippen LogP contribution in [0.2, 0.25) is 0 Å². The fourth-order valence-corrected chi connectivity index (χ4v) is 2.19. The summed E-state index contributed by atoms with van der Waals surface area (Å²) in [4.78, 5) is 24.6. The third-order valence-corrected chi connectivity index (χ3v) is 2.90. The normalized spacial score (nSPS) is 29.8. The minimum atomic E-state index is -0.530. The van der Waals surface area contributed by atoms with Crippen molar-refractivity contribution >= 4 is 12.0 Å². The quantitative estimate of drug-likeness (QED) is 0.615. The number of carbonyl (C=O) groups is 2. The number of imide groups is 1. The molecule has 0 aromatic rings. The molecule has 4 nitrogen and oxygen atoms in total. The third-order valence-electron chi connectivity index (χ3n) is 2.90. The molecule has 3 aliphatic rings. The molecular weight excluding hydrogens is 194 g/mol. The zero-order valence-electron chi connectivity index (χ0n) is 9.45. The summed E-state index contributed by atoms with van der Waals surface area (Å²) in [5, 5.41) is 0. The van der Waals surface area contributed by atoms with Crippen LogP contribution in [0.1, 0.15) is 40.0 Å². The molecule has 0 N–H and O–H groups in total. The molecule has 0 aromatic carbocycles. The molecule has 3 rings (SSSR count). The summed E-state index contributed by atoms with van der Waals surface area (Å²) in [6, 6.07) is 0.103. The molecule has 2 amide bonds. The Kier molecular flexibility index (Phi) is 2.24. The Labute approximate surface area is 89.6 Å². The smallest absolute Gasteiger partial charge is 0.417 e. The van der Waals surface area contributed by atoms with Crippen molar-refractivity contribution in [2.45, 2.75) is 51.7 Å². The Hall–Kier alpha value is -1.06. The lowest BCUT2D eigenvalue weighted by Crippen LogP contribution is -2.57. The SMILES string of the molecule is CC(C)(C)OC(=O)N1C(=O)CC2CC1C2. The van der Waals surface area contributed by atoms with E-state index in [2.05, 4.69) is 0 Å². The van der Waals surface area contributed by atoms with Gasteiger partial charge in [0.25, 0.3) is 0 Å². The van der Waals surface area contributed by atoms with Gasteiger partial charge in [-0.25, -0.2) is 9.69 Å². The zero-order valence-corrected chi connectivity index (χ0v) is 9.45. The second-order valence-corrected chi connectivity index (χ2v) is 5.44. The van der Waals surface area contributed by atoms with E-state index in [1.165, 1.54) is 4.90 Å². The van der Waals surface area contributed by atoms with Gasteiger partial charge in [0.1, 0.15) is 5.60 Å². The molecule has 0 spiro atoms. The first-order chi connectivity index (χ1) is 6.87. The molecule has 15 heavy (non-hydrogen) atoms.